The summed E-state index contributed by atoms with van der Waals surface area (Å²) in [5.41, 5.74) is 2.21. The molecule has 2 aromatic carbocycles. The van der Waals surface area contributed by atoms with E-state index < -0.39 is 6.04 Å². The molecule has 6 nitrogen and oxygen atoms in total. The number of halogens is 1. The highest BCUT2D eigenvalue weighted by Crippen LogP contribution is 2.29. The Morgan fingerprint density at radius 2 is 1.91 bits per heavy atom. The second kappa shape index (κ2) is 9.70. The molecule has 1 fully saturated rings. The molecule has 0 aliphatic carbocycles. The molecular formula is C23H22FN3O3S2. The number of rotatable bonds is 6. The molecule has 2 amide bonds. The first-order chi connectivity index (χ1) is 15.4. The third-order valence-corrected chi connectivity index (χ3v) is 7.26. The summed E-state index contributed by atoms with van der Waals surface area (Å²) in [6, 6.07) is 12.8. The van der Waals surface area contributed by atoms with Crippen LogP contribution in [0.1, 0.15) is 25.9 Å². The molecule has 1 saturated heterocycles. The van der Waals surface area contributed by atoms with Gasteiger partial charge < -0.3 is 15.0 Å². The van der Waals surface area contributed by atoms with Gasteiger partial charge in [-0.25, -0.2) is 9.37 Å². The van der Waals surface area contributed by atoms with Gasteiger partial charge in [0.25, 0.3) is 5.91 Å². The number of aryl methyl sites for hydroxylation is 1. The number of nitrogens with one attached hydrogen (secondary N) is 1. The Labute approximate surface area is 193 Å². The number of thiazole rings is 1. The van der Waals surface area contributed by atoms with Gasteiger partial charge in [-0.15, -0.1) is 23.1 Å². The number of ether oxygens (including phenoxy) is 1. The first kappa shape index (κ1) is 22.3. The number of hydrogen-bond acceptors (Lipinski definition) is 6. The smallest absolute Gasteiger partial charge is 0.267 e. The Bertz CT molecular complexity index is 1120. The monoisotopic (exact) mass is 471 g/mol. The van der Waals surface area contributed by atoms with E-state index in [1.165, 1.54) is 23.5 Å². The van der Waals surface area contributed by atoms with Crippen molar-refractivity contribution in [2.24, 2.45) is 0 Å². The number of nitrogens with zero attached hydrogens (tertiary/aromatic N) is 2. The normalized spacial score (nSPS) is 15.6. The summed E-state index contributed by atoms with van der Waals surface area (Å²) in [6.07, 6.45) is 0.523. The predicted octanol–water partition coefficient (Wildman–Crippen LogP) is 4.34. The van der Waals surface area contributed by atoms with Gasteiger partial charge in [0.15, 0.2) is 0 Å². The van der Waals surface area contributed by atoms with E-state index in [0.29, 0.717) is 40.1 Å². The second-order valence-electron chi connectivity index (χ2n) is 7.33. The van der Waals surface area contributed by atoms with Crippen LogP contribution in [0.3, 0.4) is 0 Å². The van der Waals surface area contributed by atoms with Crippen LogP contribution >= 0.6 is 23.1 Å². The number of carbonyl (C=O) groups excluding carboxylic acids is 2. The molecule has 0 radical (unpaired) electrons. The summed E-state index contributed by atoms with van der Waals surface area (Å²) in [5, 5.41) is 3.67. The second-order valence-corrected chi connectivity index (χ2v) is 9.42. The van der Waals surface area contributed by atoms with E-state index in [9.17, 15) is 14.0 Å². The average molecular weight is 472 g/mol. The minimum Gasteiger partial charge on any atom is -0.497 e. The lowest BCUT2D eigenvalue weighted by Gasteiger charge is -2.22. The van der Waals surface area contributed by atoms with Crippen LogP contribution in [0.15, 0.2) is 48.5 Å². The summed E-state index contributed by atoms with van der Waals surface area (Å²) in [7, 11) is 1.58. The fourth-order valence-electron chi connectivity index (χ4n) is 3.39. The maximum atomic E-state index is 13.3. The minimum atomic E-state index is -0.559. The fraction of sp³-hybridized carbons (Fsp3) is 0.261. The number of aromatic nitrogens is 1. The van der Waals surface area contributed by atoms with Crippen molar-refractivity contribution in [2.75, 3.05) is 24.1 Å². The first-order valence-electron chi connectivity index (χ1n) is 9.99. The van der Waals surface area contributed by atoms with E-state index in [0.717, 1.165) is 10.6 Å². The van der Waals surface area contributed by atoms with Crippen molar-refractivity contribution >= 4 is 40.6 Å². The Morgan fingerprint density at radius 1 is 1.19 bits per heavy atom. The Hall–Kier alpha value is -2.91. The van der Waals surface area contributed by atoms with Gasteiger partial charge in [-0.2, -0.15) is 0 Å². The zero-order valence-electron chi connectivity index (χ0n) is 17.6. The molecule has 1 aromatic heterocycles. The van der Waals surface area contributed by atoms with Gasteiger partial charge in [0.05, 0.1) is 23.7 Å². The zero-order chi connectivity index (χ0) is 22.7. The van der Waals surface area contributed by atoms with Crippen molar-refractivity contribution in [2.45, 2.75) is 19.4 Å². The van der Waals surface area contributed by atoms with Gasteiger partial charge in [0, 0.05) is 17.9 Å². The van der Waals surface area contributed by atoms with Gasteiger partial charge in [0.1, 0.15) is 22.5 Å². The molecule has 0 bridgehead atoms. The Balaban J connectivity index is 1.46. The van der Waals surface area contributed by atoms with Crippen molar-refractivity contribution in [3.8, 4) is 5.75 Å². The van der Waals surface area contributed by atoms with Crippen LogP contribution in [-0.2, 0) is 11.2 Å². The quantitative estimate of drug-likeness (QED) is 0.579. The number of amides is 2. The molecule has 1 aliphatic heterocycles. The van der Waals surface area contributed by atoms with Crippen molar-refractivity contribution in [3.05, 3.63) is 75.5 Å². The predicted molar refractivity (Wildman–Crippen MR) is 125 cm³/mol. The number of carbonyl (C=O) groups is 2. The van der Waals surface area contributed by atoms with Crippen LogP contribution in [0, 0.1) is 12.7 Å². The maximum absolute atomic E-state index is 13.3. The molecule has 32 heavy (non-hydrogen) atoms. The van der Waals surface area contributed by atoms with E-state index >= 15 is 0 Å². The number of hydrogen-bond donors (Lipinski definition) is 1. The number of benzene rings is 2. The number of methoxy groups -OCH3 is 1. The van der Waals surface area contributed by atoms with Crippen LogP contribution in [-0.4, -0.2) is 46.5 Å². The highest BCUT2D eigenvalue weighted by atomic mass is 32.2. The summed E-state index contributed by atoms with van der Waals surface area (Å²) >= 11 is 2.87. The molecule has 3 aromatic rings. The van der Waals surface area contributed by atoms with Gasteiger partial charge in [0.2, 0.25) is 5.91 Å². The van der Waals surface area contributed by atoms with Gasteiger partial charge in [-0.3, -0.25) is 9.59 Å². The van der Waals surface area contributed by atoms with Crippen molar-refractivity contribution in [1.82, 2.24) is 9.88 Å². The molecule has 1 unspecified atom stereocenters. The molecule has 9 heteroatoms. The summed E-state index contributed by atoms with van der Waals surface area (Å²) in [6.45, 7) is 1.80. The van der Waals surface area contributed by atoms with Crippen molar-refractivity contribution in [1.29, 1.82) is 0 Å². The molecule has 1 atom stereocenters. The SMILES string of the molecule is COc1ccc(NC(=O)C2CSCN2C(=O)c2sc(Cc3ccc(F)cc3)nc2C)cc1. The highest BCUT2D eigenvalue weighted by Gasteiger charge is 2.36. The van der Waals surface area contributed by atoms with E-state index in [2.05, 4.69) is 10.3 Å². The Morgan fingerprint density at radius 3 is 2.59 bits per heavy atom. The van der Waals surface area contributed by atoms with Gasteiger partial charge in [-0.1, -0.05) is 12.1 Å². The lowest BCUT2D eigenvalue weighted by atomic mass is 10.1. The molecule has 0 spiro atoms. The van der Waals surface area contributed by atoms with E-state index in [1.807, 2.05) is 0 Å². The molecule has 1 N–H and O–H groups in total. The largest absolute Gasteiger partial charge is 0.497 e. The summed E-state index contributed by atoms with van der Waals surface area (Å²) < 4.78 is 18.3. The van der Waals surface area contributed by atoms with Crippen LogP contribution in [0.2, 0.25) is 0 Å². The van der Waals surface area contributed by atoms with E-state index in [-0.39, 0.29) is 17.6 Å². The molecular weight excluding hydrogens is 449 g/mol. The maximum Gasteiger partial charge on any atom is 0.267 e. The summed E-state index contributed by atoms with van der Waals surface area (Å²) in [4.78, 5) is 32.8. The minimum absolute atomic E-state index is 0.190. The Kier molecular flexibility index (Phi) is 6.76. The van der Waals surface area contributed by atoms with Crippen LogP contribution in [0.4, 0.5) is 10.1 Å². The lowest BCUT2D eigenvalue weighted by Crippen LogP contribution is -2.44. The zero-order valence-corrected chi connectivity index (χ0v) is 19.3. The topological polar surface area (TPSA) is 71.5 Å². The van der Waals surface area contributed by atoms with Crippen LogP contribution < -0.4 is 10.1 Å². The highest BCUT2D eigenvalue weighted by molar-refractivity contribution is 7.99. The van der Waals surface area contributed by atoms with Crippen molar-refractivity contribution in [3.63, 3.8) is 0 Å². The van der Waals surface area contributed by atoms with E-state index in [4.69, 9.17) is 4.74 Å². The molecule has 0 saturated carbocycles. The van der Waals surface area contributed by atoms with E-state index in [1.54, 1.807) is 67.1 Å². The third-order valence-electron chi connectivity index (χ3n) is 5.11. The van der Waals surface area contributed by atoms with Crippen LogP contribution in [0.25, 0.3) is 0 Å². The van der Waals surface area contributed by atoms with Crippen molar-refractivity contribution < 1.29 is 18.7 Å². The number of anilines is 1. The van der Waals surface area contributed by atoms with Gasteiger partial charge in [-0.05, 0) is 48.9 Å². The molecule has 1 aliphatic rings. The third kappa shape index (κ3) is 4.94. The number of thioether (sulfide) groups is 1. The molecule has 4 rings (SSSR count). The standard InChI is InChI=1S/C23H22FN3O3S2/c1-14-21(32-20(25-14)11-15-3-5-16(24)6-4-15)23(29)27-13-31-12-19(27)22(28)26-17-7-9-18(30-2)10-8-17/h3-10,19H,11-13H2,1-2H3,(H,26,28). The molecule has 166 valence electrons. The average Bonchev–Trinajstić information content (AvgIpc) is 3.42. The lowest BCUT2D eigenvalue weighted by molar-refractivity contribution is -0.119. The first-order valence-corrected chi connectivity index (χ1v) is 12.0. The van der Waals surface area contributed by atoms with Gasteiger partial charge >= 0.3 is 0 Å². The molecule has 2 heterocycles. The van der Waals surface area contributed by atoms with Crippen LogP contribution in [0.5, 0.6) is 5.75 Å². The summed E-state index contributed by atoms with van der Waals surface area (Å²) in [5.74, 6) is 0.990. The fourth-order valence-corrected chi connectivity index (χ4v) is 5.60.